The van der Waals surface area contributed by atoms with Crippen LogP contribution < -0.4 is 11.4 Å². The number of allylic oxidation sites excluding steroid dienone is 2. The number of esters is 2. The van der Waals surface area contributed by atoms with E-state index in [0.29, 0.717) is 38.5 Å². The molecule has 11 atom stereocenters. The lowest BCUT2D eigenvalue weighted by atomic mass is 9.83. The van der Waals surface area contributed by atoms with E-state index >= 15 is 0 Å². The van der Waals surface area contributed by atoms with Crippen molar-refractivity contribution in [2.24, 2.45) is 11.8 Å². The number of nitrogens with two attached hydrogens (primary N) is 1. The summed E-state index contributed by atoms with van der Waals surface area (Å²) in [7, 11) is -11.3. The lowest BCUT2D eigenvalue weighted by Gasteiger charge is -2.39. The Labute approximate surface area is 430 Å². The highest BCUT2D eigenvalue weighted by atomic mass is 31.3. The molecule has 3 rings (SSSR count). The van der Waals surface area contributed by atoms with Gasteiger partial charge in [0.1, 0.15) is 36.6 Å². The van der Waals surface area contributed by atoms with Gasteiger partial charge in [-0.1, -0.05) is 128 Å². The molecular formula is C50H85N3O18P2. The summed E-state index contributed by atoms with van der Waals surface area (Å²) in [6.07, 6.45) is 14.0. The summed E-state index contributed by atoms with van der Waals surface area (Å²) in [5.41, 5.74) is 4.78. The zero-order chi connectivity index (χ0) is 53.7. The van der Waals surface area contributed by atoms with Crippen LogP contribution in [0.15, 0.2) is 41.4 Å². The molecule has 1 aromatic heterocycles. The molecular weight excluding hydrogens is 993 g/mol. The lowest BCUT2D eigenvalue weighted by Crippen LogP contribution is -2.51. The number of unbranched alkanes of at least 4 members (excludes halogenated alkanes) is 13. The van der Waals surface area contributed by atoms with Crippen LogP contribution in [-0.4, -0.2) is 114 Å². The summed E-state index contributed by atoms with van der Waals surface area (Å²) >= 11 is 0. The number of Topliss-reactive ketones (excluding diaryl/α,β-unsaturated/α-hetero) is 1. The minimum atomic E-state index is -5.71. The van der Waals surface area contributed by atoms with Crippen LogP contribution in [0.3, 0.4) is 0 Å². The predicted molar refractivity (Wildman–Crippen MR) is 271 cm³/mol. The number of phosphoric acid groups is 2. The summed E-state index contributed by atoms with van der Waals surface area (Å²) in [5.74, 6) is -5.03. The van der Waals surface area contributed by atoms with E-state index in [1.165, 1.54) is 62.9 Å². The van der Waals surface area contributed by atoms with Gasteiger partial charge < -0.3 is 50.2 Å². The quantitative estimate of drug-likeness (QED) is 0.0227. The number of aromatic nitrogens is 2. The Morgan fingerprint density at radius 1 is 0.849 bits per heavy atom. The number of phosphoric ester groups is 2. The van der Waals surface area contributed by atoms with Gasteiger partial charge in [0.2, 0.25) is 0 Å². The molecule has 21 nitrogen and oxygen atoms in total. The van der Waals surface area contributed by atoms with Crippen LogP contribution in [0.2, 0.25) is 0 Å². The summed E-state index contributed by atoms with van der Waals surface area (Å²) < 4.78 is 59.0. The number of carbonyl (C=O) groups excluding carboxylic acids is 3. The number of carbonyl (C=O) groups is 3. The van der Waals surface area contributed by atoms with Gasteiger partial charge in [-0.15, -0.1) is 0 Å². The Bertz CT molecular complexity index is 1990. The van der Waals surface area contributed by atoms with E-state index in [1.807, 2.05) is 6.92 Å². The van der Waals surface area contributed by atoms with Gasteiger partial charge in [-0.2, -0.15) is 9.29 Å². The van der Waals surface area contributed by atoms with Crippen molar-refractivity contribution in [3.05, 3.63) is 47.1 Å². The average Bonchev–Trinajstić information content (AvgIpc) is 3.33. The van der Waals surface area contributed by atoms with E-state index in [2.05, 4.69) is 28.4 Å². The normalized spacial score (nSPS) is 29.3. The maximum atomic E-state index is 14.0. The maximum absolute atomic E-state index is 14.0. The molecule has 1 aromatic rings. The third-order valence-electron chi connectivity index (χ3n) is 12.9. The van der Waals surface area contributed by atoms with Gasteiger partial charge in [0.05, 0.1) is 37.4 Å². The summed E-state index contributed by atoms with van der Waals surface area (Å²) in [6.45, 7) is 1.49. The summed E-state index contributed by atoms with van der Waals surface area (Å²) in [4.78, 5) is 78.1. The fourth-order valence-corrected chi connectivity index (χ4v) is 10.8. The highest BCUT2D eigenvalue weighted by molar-refractivity contribution is 7.61. The zero-order valence-corrected chi connectivity index (χ0v) is 44.7. The van der Waals surface area contributed by atoms with Crippen molar-refractivity contribution in [3.63, 3.8) is 0 Å². The Hall–Kier alpha value is -3.17. The van der Waals surface area contributed by atoms with Crippen LogP contribution in [0.25, 0.3) is 0 Å². The number of hydrogen-bond donors (Lipinski definition) is 7. The maximum Gasteiger partial charge on any atom is 0.481 e. The smallest absolute Gasteiger partial charge is 0.462 e. The number of aliphatic hydroxyl groups excluding tert-OH is 4. The van der Waals surface area contributed by atoms with Gasteiger partial charge in [0.15, 0.2) is 6.10 Å². The Kier molecular flexibility index (Phi) is 30.9. The zero-order valence-electron chi connectivity index (χ0n) is 42.9. The molecule has 3 heterocycles. The van der Waals surface area contributed by atoms with Crippen LogP contribution in [0.5, 0.6) is 0 Å². The Morgan fingerprint density at radius 3 is 2.14 bits per heavy atom. The lowest BCUT2D eigenvalue weighted by molar-refractivity contribution is -0.188. The summed E-state index contributed by atoms with van der Waals surface area (Å²) in [5, 5.41) is 45.7. The van der Waals surface area contributed by atoms with Crippen molar-refractivity contribution in [2.75, 3.05) is 25.6 Å². The number of aliphatic hydroxyl groups is 4. The minimum absolute atomic E-state index is 0.0559. The van der Waals surface area contributed by atoms with E-state index in [1.54, 1.807) is 0 Å². The van der Waals surface area contributed by atoms with E-state index < -0.39 is 120 Å². The van der Waals surface area contributed by atoms with E-state index in [9.17, 15) is 58.5 Å². The first-order valence-corrected chi connectivity index (χ1v) is 29.4. The second-order valence-electron chi connectivity index (χ2n) is 19.2. The number of nitrogen functional groups attached to an aromatic ring is 1. The van der Waals surface area contributed by atoms with Crippen LogP contribution >= 0.6 is 15.6 Å². The first-order chi connectivity index (χ1) is 34.9. The molecule has 2 aliphatic rings. The molecule has 0 radical (unpaired) electrons. The molecule has 0 amide bonds. The monoisotopic (exact) mass is 1080 g/mol. The first-order valence-electron chi connectivity index (χ1n) is 26.5. The highest BCUT2D eigenvalue weighted by Gasteiger charge is 2.45. The van der Waals surface area contributed by atoms with E-state index in [0.717, 1.165) is 55.9 Å². The molecule has 418 valence electrons. The van der Waals surface area contributed by atoms with Crippen LogP contribution in [0.4, 0.5) is 5.82 Å². The third-order valence-corrected chi connectivity index (χ3v) is 15.5. The van der Waals surface area contributed by atoms with Gasteiger partial charge in [-0.25, -0.2) is 13.9 Å². The number of fused-ring (bicyclic) bond motifs is 3. The van der Waals surface area contributed by atoms with E-state index in [4.69, 9.17) is 29.0 Å². The number of rotatable bonds is 24. The molecule has 2 bridgehead atoms. The number of nitrogens with zero attached hydrogens (tertiary/aromatic N) is 2. The molecule has 2 aliphatic heterocycles. The number of ketones is 1. The van der Waals surface area contributed by atoms with Crippen molar-refractivity contribution in [2.45, 2.75) is 217 Å². The largest absolute Gasteiger partial charge is 0.481 e. The second-order valence-corrected chi connectivity index (χ2v) is 22.2. The molecule has 2 fully saturated rings. The van der Waals surface area contributed by atoms with Crippen LogP contribution in [-0.2, 0) is 51.1 Å². The van der Waals surface area contributed by atoms with Crippen molar-refractivity contribution >= 4 is 39.2 Å². The first kappa shape index (κ1) is 64.1. The standard InChI is InChI=1S/C50H85N3O18P2/c1-3-5-7-8-9-10-11-12-13-14-15-16-17-18-23-27-45(57)66-34-38-35-67-72(62,63)71-73(64,65)68-36-43-48(60)47(59)39(30-29-37(54)25-21-6-4-2)41(55)33-42(56)40(26-22-19-20-24-28-46(58)69-38)49(70-43)53-32-31-44(51)52-50(53)61/h12-13,29-32,37-40,42-43,47-49,54,56,59-60H,3-11,14-28,33-36H2,1-2H3,(H,62,63)(H,64,65)(H2,51,52,61)/b13-12-,30-29-/t37-,38+,39-,40-,42-,43+,47-,48+,49+/m0/s1. The van der Waals surface area contributed by atoms with Gasteiger partial charge >= 0.3 is 33.3 Å². The fourth-order valence-electron chi connectivity index (χ4n) is 8.68. The second kappa shape index (κ2) is 35.2. The average molecular weight is 1080 g/mol. The van der Waals surface area contributed by atoms with Crippen LogP contribution in [0, 0.1) is 11.8 Å². The van der Waals surface area contributed by atoms with Gasteiger partial charge in [0.25, 0.3) is 0 Å². The summed E-state index contributed by atoms with van der Waals surface area (Å²) in [6, 6.07) is 1.24. The molecule has 23 heteroatoms. The molecule has 0 aliphatic carbocycles. The van der Waals surface area contributed by atoms with Crippen molar-refractivity contribution < 1.29 is 81.3 Å². The molecule has 73 heavy (non-hydrogen) atoms. The highest BCUT2D eigenvalue weighted by Crippen LogP contribution is 2.60. The molecule has 0 saturated carbocycles. The number of anilines is 1. The van der Waals surface area contributed by atoms with Crippen molar-refractivity contribution in [1.82, 2.24) is 9.55 Å². The Morgan fingerprint density at radius 2 is 1.47 bits per heavy atom. The fraction of sp³-hybridized carbons (Fsp3) is 0.780. The van der Waals surface area contributed by atoms with Crippen molar-refractivity contribution in [3.8, 4) is 0 Å². The third kappa shape index (κ3) is 26.0. The number of cyclic esters (lactones) is 1. The van der Waals surface area contributed by atoms with Crippen LogP contribution in [0.1, 0.15) is 181 Å². The van der Waals surface area contributed by atoms with Crippen molar-refractivity contribution in [1.29, 1.82) is 0 Å². The molecule has 0 aromatic carbocycles. The molecule has 0 spiro atoms. The van der Waals surface area contributed by atoms with Gasteiger partial charge in [0, 0.05) is 31.4 Å². The topological polar surface area (TPSA) is 323 Å². The SMILES string of the molecule is CCCCCCCC/C=C\CCCCCCCC(=O)OC[C@@H]1COP(=O)(O)OP(=O)(O)OC[C@H]2O[C@@H](n3ccc(N)nc3=O)[C@@H](CCCCCCC(=O)O1)[C@@H](O)CC(=O)[C@H](/C=C\[C@@H](O)CCCCC)[C@H](O)[C@@H]2O. The predicted octanol–water partition coefficient (Wildman–Crippen LogP) is 7.59. The Balaban J connectivity index is 1.76. The minimum Gasteiger partial charge on any atom is -0.462 e. The van der Waals surface area contributed by atoms with E-state index in [-0.39, 0.29) is 31.5 Å². The number of hydrogen-bond acceptors (Lipinski definition) is 18. The van der Waals surface area contributed by atoms with Gasteiger partial charge in [-0.3, -0.25) is 28.0 Å². The molecule has 2 unspecified atom stereocenters. The van der Waals surface area contributed by atoms with Gasteiger partial charge in [-0.05, 0) is 57.4 Å². The molecule has 8 N–H and O–H groups in total. The number of ether oxygens (including phenoxy) is 3. The molecule has 2 saturated heterocycles.